The Bertz CT molecular complexity index is 433. The Morgan fingerprint density at radius 1 is 1.37 bits per heavy atom. The van der Waals surface area contributed by atoms with Crippen LogP contribution in [0.3, 0.4) is 0 Å². The second-order valence-electron chi connectivity index (χ2n) is 3.72. The molecule has 1 rings (SSSR count). The topological polar surface area (TPSA) is 83.3 Å². The first-order valence-corrected chi connectivity index (χ1v) is 5.96. The van der Waals surface area contributed by atoms with Crippen LogP contribution < -0.4 is 15.0 Å². The van der Waals surface area contributed by atoms with Gasteiger partial charge < -0.3 is 19.7 Å². The number of rotatable bonds is 8. The van der Waals surface area contributed by atoms with Gasteiger partial charge in [0.25, 0.3) is 0 Å². The quantitative estimate of drug-likeness (QED) is 0.747. The number of nitrogens with zero attached hydrogens (tertiary/aromatic N) is 4. The lowest BCUT2D eigenvalue weighted by Gasteiger charge is -2.24. The third-order valence-corrected chi connectivity index (χ3v) is 2.58. The van der Waals surface area contributed by atoms with Crippen LogP contribution in [0.25, 0.3) is 0 Å². The Hall–Kier alpha value is -2.07. The number of hydrogen-bond acceptors (Lipinski definition) is 7. The average molecular weight is 265 g/mol. The van der Waals surface area contributed by atoms with Gasteiger partial charge >= 0.3 is 0 Å². The van der Waals surface area contributed by atoms with E-state index in [1.165, 1.54) is 6.33 Å². The second-order valence-corrected chi connectivity index (χ2v) is 3.72. The van der Waals surface area contributed by atoms with Crippen LogP contribution in [0.4, 0.5) is 11.6 Å². The van der Waals surface area contributed by atoms with Gasteiger partial charge in [0.1, 0.15) is 6.33 Å². The van der Waals surface area contributed by atoms with Crippen molar-refractivity contribution in [2.24, 2.45) is 0 Å². The number of aromatic nitrogens is 2. The minimum Gasteiger partial charge on any atom is -0.490 e. The maximum absolute atomic E-state index is 8.73. The molecule has 0 aromatic carbocycles. The molecule has 104 valence electrons. The molecule has 0 saturated carbocycles. The Balaban J connectivity index is 3.02. The number of ether oxygens (including phenoxy) is 2. The first-order valence-electron chi connectivity index (χ1n) is 5.96. The Labute approximate surface area is 113 Å². The van der Waals surface area contributed by atoms with Gasteiger partial charge in [-0.1, -0.05) is 0 Å². The summed E-state index contributed by atoms with van der Waals surface area (Å²) in [6.45, 7) is 1.75. The fourth-order valence-electron chi connectivity index (χ4n) is 1.67. The van der Waals surface area contributed by atoms with Gasteiger partial charge in [-0.15, -0.1) is 0 Å². The molecule has 1 aromatic rings. The largest absolute Gasteiger partial charge is 0.490 e. The molecule has 0 saturated heterocycles. The third-order valence-electron chi connectivity index (χ3n) is 2.58. The summed E-state index contributed by atoms with van der Waals surface area (Å²) in [6.07, 6.45) is 1.88. The van der Waals surface area contributed by atoms with E-state index in [4.69, 9.17) is 14.7 Å². The molecule has 0 atom stereocenters. The lowest BCUT2D eigenvalue weighted by atomic mass is 10.3. The molecule has 1 aromatic heterocycles. The van der Waals surface area contributed by atoms with Crippen LogP contribution in [-0.2, 0) is 4.74 Å². The molecule has 0 aliphatic heterocycles. The zero-order chi connectivity index (χ0) is 14.1. The average Bonchev–Trinajstić information content (AvgIpc) is 2.46. The lowest BCUT2D eigenvalue weighted by Crippen LogP contribution is -2.29. The maximum Gasteiger partial charge on any atom is 0.204 e. The van der Waals surface area contributed by atoms with Crippen LogP contribution in [0.15, 0.2) is 6.33 Å². The van der Waals surface area contributed by atoms with E-state index in [0.29, 0.717) is 43.5 Å². The van der Waals surface area contributed by atoms with Crippen molar-refractivity contribution in [3.05, 3.63) is 6.33 Å². The highest BCUT2D eigenvalue weighted by Crippen LogP contribution is 2.31. The summed E-state index contributed by atoms with van der Waals surface area (Å²) in [5.74, 6) is 1.85. The van der Waals surface area contributed by atoms with E-state index in [1.807, 2.05) is 4.90 Å². The van der Waals surface area contributed by atoms with E-state index in [0.717, 1.165) is 0 Å². The van der Waals surface area contributed by atoms with Crippen molar-refractivity contribution in [1.82, 2.24) is 9.97 Å². The van der Waals surface area contributed by atoms with Gasteiger partial charge in [-0.2, -0.15) is 5.26 Å². The first-order chi connectivity index (χ1) is 9.28. The summed E-state index contributed by atoms with van der Waals surface area (Å²) in [7, 11) is 4.98. The van der Waals surface area contributed by atoms with Crippen molar-refractivity contribution in [1.29, 1.82) is 5.26 Å². The maximum atomic E-state index is 8.73. The summed E-state index contributed by atoms with van der Waals surface area (Å²) < 4.78 is 10.4. The fourth-order valence-corrected chi connectivity index (χ4v) is 1.67. The highest BCUT2D eigenvalue weighted by Gasteiger charge is 2.17. The van der Waals surface area contributed by atoms with E-state index in [9.17, 15) is 0 Å². The smallest absolute Gasteiger partial charge is 0.204 e. The number of nitrogens with one attached hydrogen (secondary N) is 1. The minimum atomic E-state index is 0.408. The van der Waals surface area contributed by atoms with Gasteiger partial charge in [-0.25, -0.2) is 9.97 Å². The van der Waals surface area contributed by atoms with Crippen LogP contribution in [0.5, 0.6) is 5.75 Å². The first kappa shape index (κ1) is 15.0. The van der Waals surface area contributed by atoms with Crippen molar-refractivity contribution in [2.75, 3.05) is 51.2 Å². The molecule has 19 heavy (non-hydrogen) atoms. The van der Waals surface area contributed by atoms with Crippen LogP contribution in [0.1, 0.15) is 6.42 Å². The van der Waals surface area contributed by atoms with Gasteiger partial charge in [0.15, 0.2) is 11.6 Å². The van der Waals surface area contributed by atoms with Crippen molar-refractivity contribution < 1.29 is 9.47 Å². The molecular weight excluding hydrogens is 246 g/mol. The highest BCUT2D eigenvalue weighted by molar-refractivity contribution is 5.64. The molecule has 7 heteroatoms. The molecule has 0 aliphatic carbocycles. The Morgan fingerprint density at radius 2 is 2.16 bits per heavy atom. The monoisotopic (exact) mass is 265 g/mol. The van der Waals surface area contributed by atoms with Crippen molar-refractivity contribution in [3.63, 3.8) is 0 Å². The van der Waals surface area contributed by atoms with Crippen LogP contribution in [-0.4, -0.2) is 50.9 Å². The van der Waals surface area contributed by atoms with Gasteiger partial charge in [-0.3, -0.25) is 0 Å². The fraction of sp³-hybridized carbons (Fsp3) is 0.583. The zero-order valence-corrected chi connectivity index (χ0v) is 11.5. The van der Waals surface area contributed by atoms with Crippen LogP contribution in [0, 0.1) is 11.3 Å². The standard InChI is InChI=1S/C12H19N5O2/c1-14-11-10(19-3)12(16-9-15-11)17(6-4-5-13)7-8-18-2/h9H,4,6-8H2,1-3H3,(H,14,15,16). The number of nitriles is 1. The summed E-state index contributed by atoms with van der Waals surface area (Å²) in [5.41, 5.74) is 0. The van der Waals surface area contributed by atoms with E-state index in [-0.39, 0.29) is 0 Å². The molecular formula is C12H19N5O2. The van der Waals surface area contributed by atoms with E-state index >= 15 is 0 Å². The normalized spacial score (nSPS) is 9.79. The third kappa shape index (κ3) is 3.96. The molecule has 0 fully saturated rings. The van der Waals surface area contributed by atoms with E-state index in [1.54, 1.807) is 21.3 Å². The summed E-state index contributed by atoms with van der Waals surface area (Å²) in [6, 6.07) is 2.13. The molecule has 0 aliphatic rings. The van der Waals surface area contributed by atoms with Gasteiger partial charge in [0.05, 0.1) is 26.2 Å². The summed E-state index contributed by atoms with van der Waals surface area (Å²) in [5, 5.41) is 11.7. The molecule has 1 N–H and O–H groups in total. The predicted molar refractivity (Wildman–Crippen MR) is 72.4 cm³/mol. The molecule has 0 unspecified atom stereocenters. The van der Waals surface area contributed by atoms with Crippen molar-refractivity contribution in [2.45, 2.75) is 6.42 Å². The second kappa shape index (κ2) is 8.11. The zero-order valence-electron chi connectivity index (χ0n) is 11.5. The van der Waals surface area contributed by atoms with Gasteiger partial charge in [0.2, 0.25) is 5.75 Å². The van der Waals surface area contributed by atoms with Crippen LogP contribution in [0.2, 0.25) is 0 Å². The SMILES string of the molecule is CNc1ncnc(N(CCC#N)CCOC)c1OC. The van der Waals surface area contributed by atoms with Gasteiger partial charge in [0, 0.05) is 27.2 Å². The molecule has 1 heterocycles. The Morgan fingerprint density at radius 3 is 2.74 bits per heavy atom. The number of anilines is 2. The number of hydrogen-bond donors (Lipinski definition) is 1. The van der Waals surface area contributed by atoms with Gasteiger partial charge in [-0.05, 0) is 0 Å². The van der Waals surface area contributed by atoms with Crippen molar-refractivity contribution >= 4 is 11.6 Å². The van der Waals surface area contributed by atoms with Crippen LogP contribution >= 0.6 is 0 Å². The van der Waals surface area contributed by atoms with E-state index < -0.39 is 0 Å². The van der Waals surface area contributed by atoms with E-state index in [2.05, 4.69) is 21.4 Å². The summed E-state index contributed by atoms with van der Waals surface area (Å²) in [4.78, 5) is 10.3. The summed E-state index contributed by atoms with van der Waals surface area (Å²) >= 11 is 0. The predicted octanol–water partition coefficient (Wildman–Crippen LogP) is 0.893. The van der Waals surface area contributed by atoms with Crippen molar-refractivity contribution in [3.8, 4) is 11.8 Å². The lowest BCUT2D eigenvalue weighted by molar-refractivity contribution is 0.205. The number of methoxy groups -OCH3 is 2. The Kier molecular flexibility index (Phi) is 6.39. The minimum absolute atomic E-state index is 0.408. The molecule has 0 bridgehead atoms. The molecule has 7 nitrogen and oxygen atoms in total. The molecule has 0 amide bonds. The molecule has 0 radical (unpaired) electrons. The highest BCUT2D eigenvalue weighted by atomic mass is 16.5. The molecule has 0 spiro atoms.